The predicted molar refractivity (Wildman–Crippen MR) is 63.2 cm³/mol. The van der Waals surface area contributed by atoms with Crippen molar-refractivity contribution in [2.75, 3.05) is 0 Å². The second-order valence-electron chi connectivity index (χ2n) is 3.42. The minimum absolute atomic E-state index is 0.137. The van der Waals surface area contributed by atoms with Crippen LogP contribution in [-0.4, -0.2) is 21.3 Å². The smallest absolute Gasteiger partial charge is 0.315 e. The van der Waals surface area contributed by atoms with E-state index in [0.29, 0.717) is 0 Å². The van der Waals surface area contributed by atoms with Crippen molar-refractivity contribution in [3.05, 3.63) is 42.1 Å². The molecule has 2 aromatic rings. The van der Waals surface area contributed by atoms with Gasteiger partial charge in [0.05, 0.1) is 5.69 Å². The molecular weight excluding hydrogens is 216 g/mol. The first-order valence-electron chi connectivity index (χ1n) is 5.06. The highest BCUT2D eigenvalue weighted by atomic mass is 16.4. The van der Waals surface area contributed by atoms with E-state index in [9.17, 15) is 4.79 Å². The van der Waals surface area contributed by atoms with Crippen molar-refractivity contribution in [2.45, 2.75) is 6.42 Å². The van der Waals surface area contributed by atoms with Gasteiger partial charge in [0, 0.05) is 11.8 Å². The number of nitrogens with zero attached hydrogens (tertiary/aromatic N) is 1. The van der Waals surface area contributed by atoms with Crippen molar-refractivity contribution in [3.8, 4) is 23.1 Å². The Kier molecular flexibility index (Phi) is 3.22. The van der Waals surface area contributed by atoms with E-state index in [4.69, 9.17) is 5.11 Å². The summed E-state index contributed by atoms with van der Waals surface area (Å²) < 4.78 is 0. The molecule has 84 valence electrons. The fraction of sp³-hybridized carbons (Fsp3) is 0.0769. The molecule has 0 aliphatic rings. The molecule has 0 saturated heterocycles. The number of aromatic amines is 1. The van der Waals surface area contributed by atoms with E-state index in [0.717, 1.165) is 16.8 Å². The lowest BCUT2D eigenvalue weighted by molar-refractivity contribution is -0.135. The van der Waals surface area contributed by atoms with Gasteiger partial charge >= 0.3 is 5.97 Å². The first-order chi connectivity index (χ1) is 8.25. The summed E-state index contributed by atoms with van der Waals surface area (Å²) in [5.41, 5.74) is 2.76. The third-order valence-electron chi connectivity index (χ3n) is 2.17. The Labute approximate surface area is 98.3 Å². The highest BCUT2D eigenvalue weighted by Gasteiger charge is 1.97. The molecule has 0 aliphatic carbocycles. The zero-order valence-corrected chi connectivity index (χ0v) is 8.97. The summed E-state index contributed by atoms with van der Waals surface area (Å²) >= 11 is 0. The van der Waals surface area contributed by atoms with Crippen molar-refractivity contribution < 1.29 is 9.90 Å². The van der Waals surface area contributed by atoms with Crippen LogP contribution in [0.1, 0.15) is 12.0 Å². The van der Waals surface area contributed by atoms with Gasteiger partial charge in [-0.15, -0.1) is 0 Å². The molecule has 0 aliphatic heterocycles. The van der Waals surface area contributed by atoms with Crippen LogP contribution in [0.3, 0.4) is 0 Å². The van der Waals surface area contributed by atoms with E-state index in [-0.39, 0.29) is 6.42 Å². The Morgan fingerprint density at radius 1 is 1.29 bits per heavy atom. The Morgan fingerprint density at radius 3 is 2.65 bits per heavy atom. The minimum atomic E-state index is -0.911. The second kappa shape index (κ2) is 4.99. The molecule has 0 spiro atoms. The van der Waals surface area contributed by atoms with Gasteiger partial charge in [0.25, 0.3) is 0 Å². The molecule has 0 saturated carbocycles. The van der Waals surface area contributed by atoms with Crippen molar-refractivity contribution in [3.63, 3.8) is 0 Å². The van der Waals surface area contributed by atoms with Crippen LogP contribution < -0.4 is 0 Å². The van der Waals surface area contributed by atoms with E-state index in [2.05, 4.69) is 22.0 Å². The normalized spacial score (nSPS) is 9.41. The van der Waals surface area contributed by atoms with Crippen molar-refractivity contribution >= 4 is 5.97 Å². The third kappa shape index (κ3) is 2.95. The van der Waals surface area contributed by atoms with Gasteiger partial charge in [0.2, 0.25) is 0 Å². The number of rotatable bonds is 2. The number of nitrogens with one attached hydrogen (secondary N) is 1. The first kappa shape index (κ1) is 11.0. The number of carbonyl (C=O) groups is 1. The highest BCUT2D eigenvalue weighted by Crippen LogP contribution is 2.16. The zero-order valence-electron chi connectivity index (χ0n) is 8.97. The van der Waals surface area contributed by atoms with Gasteiger partial charge in [0.1, 0.15) is 6.42 Å². The summed E-state index contributed by atoms with van der Waals surface area (Å²) in [6, 6.07) is 9.41. The van der Waals surface area contributed by atoms with E-state index in [1.807, 2.05) is 30.3 Å². The molecule has 17 heavy (non-hydrogen) atoms. The molecule has 4 nitrogen and oxygen atoms in total. The van der Waals surface area contributed by atoms with Crippen LogP contribution in [0.25, 0.3) is 11.3 Å². The molecule has 0 bridgehead atoms. The number of carboxylic acid groups (broad SMARTS) is 1. The summed E-state index contributed by atoms with van der Waals surface area (Å²) in [4.78, 5) is 10.3. The molecule has 0 fully saturated rings. The summed E-state index contributed by atoms with van der Waals surface area (Å²) in [5.74, 6) is 4.47. The highest BCUT2D eigenvalue weighted by molar-refractivity contribution is 5.70. The Morgan fingerprint density at radius 2 is 2.06 bits per heavy atom. The van der Waals surface area contributed by atoms with E-state index >= 15 is 0 Å². The van der Waals surface area contributed by atoms with Gasteiger partial charge < -0.3 is 5.11 Å². The van der Waals surface area contributed by atoms with Gasteiger partial charge in [-0.1, -0.05) is 24.0 Å². The van der Waals surface area contributed by atoms with Gasteiger partial charge in [-0.2, -0.15) is 5.10 Å². The van der Waals surface area contributed by atoms with Crippen LogP contribution in [0, 0.1) is 11.8 Å². The lowest BCUT2D eigenvalue weighted by atomic mass is 10.1. The van der Waals surface area contributed by atoms with Gasteiger partial charge in [-0.05, 0) is 23.8 Å². The minimum Gasteiger partial charge on any atom is -0.481 e. The molecule has 0 unspecified atom stereocenters. The average Bonchev–Trinajstić information content (AvgIpc) is 2.83. The lowest BCUT2D eigenvalue weighted by Gasteiger charge is -1.96. The van der Waals surface area contributed by atoms with E-state index in [1.165, 1.54) is 0 Å². The van der Waals surface area contributed by atoms with Crippen LogP contribution >= 0.6 is 0 Å². The van der Waals surface area contributed by atoms with Crippen LogP contribution in [0.4, 0.5) is 0 Å². The van der Waals surface area contributed by atoms with Gasteiger partial charge in [0.15, 0.2) is 0 Å². The largest absolute Gasteiger partial charge is 0.481 e. The molecule has 1 heterocycles. The summed E-state index contributed by atoms with van der Waals surface area (Å²) in [6.45, 7) is 0. The maximum absolute atomic E-state index is 10.3. The summed E-state index contributed by atoms with van der Waals surface area (Å²) in [7, 11) is 0. The number of hydrogen-bond donors (Lipinski definition) is 2. The Balaban J connectivity index is 2.13. The molecule has 2 rings (SSSR count). The summed E-state index contributed by atoms with van der Waals surface area (Å²) in [6.07, 6.45) is 1.55. The SMILES string of the molecule is O=C(O)CC#Cc1ccc(-c2ccn[nH]2)cc1. The zero-order chi connectivity index (χ0) is 12.1. The van der Waals surface area contributed by atoms with Crippen LogP contribution in [0.5, 0.6) is 0 Å². The number of H-pyrrole nitrogens is 1. The Hall–Kier alpha value is -2.54. The molecule has 0 atom stereocenters. The second-order valence-corrected chi connectivity index (χ2v) is 3.42. The molecule has 0 amide bonds. The third-order valence-corrected chi connectivity index (χ3v) is 2.17. The van der Waals surface area contributed by atoms with Gasteiger partial charge in [-0.3, -0.25) is 9.89 Å². The van der Waals surface area contributed by atoms with Gasteiger partial charge in [-0.25, -0.2) is 0 Å². The standard InChI is InChI=1S/C13H10N2O2/c16-13(17)3-1-2-10-4-6-11(7-5-10)12-8-9-14-15-12/h4-9H,3H2,(H,14,15)(H,16,17). The van der Waals surface area contributed by atoms with Crippen molar-refractivity contribution in [1.29, 1.82) is 0 Å². The fourth-order valence-corrected chi connectivity index (χ4v) is 1.37. The number of benzene rings is 1. The number of carboxylic acids is 1. The number of aromatic nitrogens is 2. The number of hydrogen-bond acceptors (Lipinski definition) is 2. The van der Waals surface area contributed by atoms with E-state index in [1.54, 1.807) is 6.20 Å². The Bertz CT molecular complexity index is 560. The topological polar surface area (TPSA) is 66.0 Å². The van der Waals surface area contributed by atoms with Crippen LogP contribution in [-0.2, 0) is 4.79 Å². The molecule has 0 radical (unpaired) electrons. The van der Waals surface area contributed by atoms with Crippen LogP contribution in [0.15, 0.2) is 36.5 Å². The maximum atomic E-state index is 10.3. The van der Waals surface area contributed by atoms with Crippen molar-refractivity contribution in [2.24, 2.45) is 0 Å². The lowest BCUT2D eigenvalue weighted by Crippen LogP contribution is -1.90. The molecule has 2 N–H and O–H groups in total. The molecule has 4 heteroatoms. The van der Waals surface area contributed by atoms with Crippen LogP contribution in [0.2, 0.25) is 0 Å². The fourth-order valence-electron chi connectivity index (χ4n) is 1.37. The molecule has 1 aromatic carbocycles. The maximum Gasteiger partial charge on any atom is 0.315 e. The van der Waals surface area contributed by atoms with E-state index < -0.39 is 5.97 Å². The van der Waals surface area contributed by atoms with Crippen molar-refractivity contribution in [1.82, 2.24) is 10.2 Å². The first-order valence-corrected chi connectivity index (χ1v) is 5.06. The molecular formula is C13H10N2O2. The molecule has 1 aromatic heterocycles. The summed E-state index contributed by atoms with van der Waals surface area (Å²) in [5, 5.41) is 15.2. The monoisotopic (exact) mass is 226 g/mol. The quantitative estimate of drug-likeness (QED) is 0.768. The number of aliphatic carboxylic acids is 1. The average molecular weight is 226 g/mol. The predicted octanol–water partition coefficient (Wildman–Crippen LogP) is 1.90.